The summed E-state index contributed by atoms with van der Waals surface area (Å²) in [6, 6.07) is 16.2. The maximum Gasteiger partial charge on any atom is 0.411 e. The fourth-order valence-electron chi connectivity index (χ4n) is 3.08. The Morgan fingerprint density at radius 3 is 2.43 bits per heavy atom. The van der Waals surface area contributed by atoms with Crippen LogP contribution in [0.5, 0.6) is 0 Å². The smallest absolute Gasteiger partial charge is 0.411 e. The van der Waals surface area contributed by atoms with Crippen molar-refractivity contribution in [1.82, 2.24) is 0 Å². The minimum atomic E-state index is -0.349. The van der Waals surface area contributed by atoms with Gasteiger partial charge in [-0.3, -0.25) is 5.32 Å². The van der Waals surface area contributed by atoms with E-state index in [0.29, 0.717) is 0 Å². The Labute approximate surface area is 137 Å². The molecule has 1 saturated carbocycles. The second-order valence-corrected chi connectivity index (χ2v) is 6.24. The number of rotatable bonds is 3. The van der Waals surface area contributed by atoms with Crippen molar-refractivity contribution in [3.63, 3.8) is 0 Å². The van der Waals surface area contributed by atoms with Gasteiger partial charge in [0.2, 0.25) is 0 Å². The number of amides is 1. The van der Waals surface area contributed by atoms with Crippen LogP contribution < -0.4 is 5.32 Å². The van der Waals surface area contributed by atoms with E-state index in [1.165, 1.54) is 12.0 Å². The monoisotopic (exact) mass is 309 g/mol. The fourth-order valence-corrected chi connectivity index (χ4v) is 3.08. The number of anilines is 1. The summed E-state index contributed by atoms with van der Waals surface area (Å²) in [5, 5.41) is 2.85. The molecule has 1 amide bonds. The van der Waals surface area contributed by atoms with Crippen molar-refractivity contribution in [3.8, 4) is 11.1 Å². The summed E-state index contributed by atoms with van der Waals surface area (Å²) in [6.07, 6.45) is 5.25. The molecule has 0 aliphatic heterocycles. The number of carbonyl (C=O) groups excluding carboxylic acids is 1. The molecule has 0 unspecified atom stereocenters. The van der Waals surface area contributed by atoms with Crippen LogP contribution >= 0.6 is 0 Å². The molecule has 0 atom stereocenters. The molecule has 1 N–H and O–H groups in total. The first-order valence-electron chi connectivity index (χ1n) is 8.35. The van der Waals surface area contributed by atoms with Crippen LogP contribution in [0.1, 0.15) is 37.7 Å². The summed E-state index contributed by atoms with van der Waals surface area (Å²) in [7, 11) is 0. The highest BCUT2D eigenvalue weighted by atomic mass is 16.6. The molecule has 0 spiro atoms. The van der Waals surface area contributed by atoms with E-state index in [1.807, 2.05) is 30.3 Å². The van der Waals surface area contributed by atoms with Crippen LogP contribution in [0.15, 0.2) is 48.5 Å². The topological polar surface area (TPSA) is 38.3 Å². The van der Waals surface area contributed by atoms with Crippen LogP contribution in [0.3, 0.4) is 0 Å². The summed E-state index contributed by atoms with van der Waals surface area (Å²) < 4.78 is 5.51. The van der Waals surface area contributed by atoms with E-state index < -0.39 is 0 Å². The van der Waals surface area contributed by atoms with E-state index in [-0.39, 0.29) is 12.2 Å². The third-order valence-corrected chi connectivity index (χ3v) is 4.29. The van der Waals surface area contributed by atoms with Gasteiger partial charge in [-0.1, -0.05) is 48.4 Å². The van der Waals surface area contributed by atoms with Gasteiger partial charge in [-0.25, -0.2) is 4.79 Å². The molecule has 3 heteroatoms. The van der Waals surface area contributed by atoms with Crippen LogP contribution in [0.25, 0.3) is 11.1 Å². The Kier molecular flexibility index (Phi) is 4.96. The lowest BCUT2D eigenvalue weighted by atomic mass is 9.98. The molecule has 1 aliphatic rings. The minimum absolute atomic E-state index is 0.0729. The van der Waals surface area contributed by atoms with Gasteiger partial charge in [-0.05, 0) is 55.9 Å². The van der Waals surface area contributed by atoms with Gasteiger partial charge in [-0.2, -0.15) is 0 Å². The SMILES string of the molecule is Cc1cccc(-c2cccc(NC(=O)OC3CCCCC3)c2)c1. The van der Waals surface area contributed by atoms with E-state index in [4.69, 9.17) is 4.74 Å². The van der Waals surface area contributed by atoms with E-state index in [1.54, 1.807) is 0 Å². The van der Waals surface area contributed by atoms with E-state index in [9.17, 15) is 4.79 Å². The van der Waals surface area contributed by atoms with Gasteiger partial charge in [0.1, 0.15) is 6.10 Å². The number of nitrogens with one attached hydrogen (secondary N) is 1. The number of hydrogen-bond donors (Lipinski definition) is 1. The molecule has 0 saturated heterocycles. The Bertz CT molecular complexity index is 675. The van der Waals surface area contributed by atoms with Gasteiger partial charge in [0.05, 0.1) is 0 Å². The Morgan fingerprint density at radius 1 is 1.00 bits per heavy atom. The summed E-state index contributed by atoms with van der Waals surface area (Å²) >= 11 is 0. The van der Waals surface area contributed by atoms with Gasteiger partial charge < -0.3 is 4.74 Å². The normalized spacial score (nSPS) is 15.2. The molecular weight excluding hydrogens is 286 g/mol. The lowest BCUT2D eigenvalue weighted by Crippen LogP contribution is -2.24. The quantitative estimate of drug-likeness (QED) is 0.808. The van der Waals surface area contributed by atoms with Gasteiger partial charge >= 0.3 is 6.09 Å². The zero-order chi connectivity index (χ0) is 16.1. The first-order chi connectivity index (χ1) is 11.2. The van der Waals surface area contributed by atoms with E-state index in [0.717, 1.165) is 42.5 Å². The molecule has 0 radical (unpaired) electrons. The third kappa shape index (κ3) is 4.35. The maximum absolute atomic E-state index is 12.0. The summed E-state index contributed by atoms with van der Waals surface area (Å²) in [5.74, 6) is 0. The lowest BCUT2D eigenvalue weighted by Gasteiger charge is -2.21. The van der Waals surface area contributed by atoms with E-state index in [2.05, 4.69) is 30.4 Å². The largest absolute Gasteiger partial charge is 0.446 e. The Balaban J connectivity index is 1.66. The second-order valence-electron chi connectivity index (χ2n) is 6.24. The Morgan fingerprint density at radius 2 is 1.70 bits per heavy atom. The zero-order valence-electron chi connectivity index (χ0n) is 13.5. The summed E-state index contributed by atoms with van der Waals surface area (Å²) in [6.45, 7) is 2.08. The molecule has 0 aromatic heterocycles. The fraction of sp³-hybridized carbons (Fsp3) is 0.350. The van der Waals surface area contributed by atoms with Crippen molar-refractivity contribution in [1.29, 1.82) is 0 Å². The molecular formula is C20H23NO2. The van der Waals surface area contributed by atoms with Gasteiger partial charge in [0.15, 0.2) is 0 Å². The molecule has 3 nitrogen and oxygen atoms in total. The van der Waals surface area contributed by atoms with Gasteiger partial charge in [0, 0.05) is 5.69 Å². The molecule has 1 fully saturated rings. The van der Waals surface area contributed by atoms with Crippen molar-refractivity contribution < 1.29 is 9.53 Å². The Hall–Kier alpha value is -2.29. The van der Waals surface area contributed by atoms with Crippen LogP contribution in [0.4, 0.5) is 10.5 Å². The van der Waals surface area contributed by atoms with Gasteiger partial charge in [-0.15, -0.1) is 0 Å². The molecule has 2 aromatic rings. The van der Waals surface area contributed by atoms with Crippen LogP contribution in [0, 0.1) is 6.92 Å². The summed E-state index contributed by atoms with van der Waals surface area (Å²) in [4.78, 5) is 12.0. The van der Waals surface area contributed by atoms with E-state index >= 15 is 0 Å². The highest BCUT2D eigenvalue weighted by Crippen LogP contribution is 2.24. The van der Waals surface area contributed by atoms with Crippen LogP contribution in [-0.4, -0.2) is 12.2 Å². The first kappa shape index (κ1) is 15.6. The number of ether oxygens (including phenoxy) is 1. The predicted molar refractivity (Wildman–Crippen MR) is 93.6 cm³/mol. The average Bonchev–Trinajstić information content (AvgIpc) is 2.56. The van der Waals surface area contributed by atoms with Gasteiger partial charge in [0.25, 0.3) is 0 Å². The van der Waals surface area contributed by atoms with Crippen molar-refractivity contribution in [2.75, 3.05) is 5.32 Å². The predicted octanol–water partition coefficient (Wildman–Crippen LogP) is 5.54. The van der Waals surface area contributed by atoms with Crippen molar-refractivity contribution >= 4 is 11.8 Å². The second kappa shape index (κ2) is 7.32. The molecule has 3 rings (SSSR count). The highest BCUT2D eigenvalue weighted by Gasteiger charge is 2.17. The van der Waals surface area contributed by atoms with Crippen LogP contribution in [0.2, 0.25) is 0 Å². The molecule has 0 bridgehead atoms. The number of benzene rings is 2. The minimum Gasteiger partial charge on any atom is -0.446 e. The average molecular weight is 309 g/mol. The molecule has 23 heavy (non-hydrogen) atoms. The third-order valence-electron chi connectivity index (χ3n) is 4.29. The van der Waals surface area contributed by atoms with Crippen molar-refractivity contribution in [2.24, 2.45) is 0 Å². The van der Waals surface area contributed by atoms with Crippen LogP contribution in [-0.2, 0) is 4.74 Å². The molecule has 0 heterocycles. The molecule has 120 valence electrons. The standard InChI is InChI=1S/C20H23NO2/c1-15-7-5-8-16(13-15)17-9-6-10-18(14-17)21-20(22)23-19-11-3-2-4-12-19/h5-10,13-14,19H,2-4,11-12H2,1H3,(H,21,22). The lowest BCUT2D eigenvalue weighted by molar-refractivity contribution is 0.0865. The molecule has 1 aliphatic carbocycles. The zero-order valence-corrected chi connectivity index (χ0v) is 13.5. The number of carbonyl (C=O) groups is 1. The number of hydrogen-bond acceptors (Lipinski definition) is 2. The first-order valence-corrected chi connectivity index (χ1v) is 8.35. The van der Waals surface area contributed by atoms with Crippen molar-refractivity contribution in [2.45, 2.75) is 45.1 Å². The maximum atomic E-state index is 12.0. The summed E-state index contributed by atoms with van der Waals surface area (Å²) in [5.41, 5.74) is 4.22. The molecule has 2 aromatic carbocycles. The van der Waals surface area contributed by atoms with Crippen molar-refractivity contribution in [3.05, 3.63) is 54.1 Å². The highest BCUT2D eigenvalue weighted by molar-refractivity contribution is 5.86. The number of aryl methyl sites for hydroxylation is 1.